The highest BCUT2D eigenvalue weighted by Gasteiger charge is 2.33. The maximum Gasteiger partial charge on any atom is 0.126 e. The van der Waals surface area contributed by atoms with Gasteiger partial charge in [0.05, 0.1) is 0 Å². The molecule has 2 heteroatoms. The van der Waals surface area contributed by atoms with Gasteiger partial charge in [0.25, 0.3) is 0 Å². The van der Waals surface area contributed by atoms with Crippen molar-refractivity contribution >= 4 is 0 Å². The van der Waals surface area contributed by atoms with Crippen LogP contribution in [0.25, 0.3) is 0 Å². The third-order valence-corrected chi connectivity index (χ3v) is 7.53. The number of hydrogen-bond acceptors (Lipinski definition) is 2. The van der Waals surface area contributed by atoms with E-state index in [1.807, 2.05) is 19.1 Å². The van der Waals surface area contributed by atoms with Crippen molar-refractivity contribution in [1.82, 2.24) is 0 Å². The molecule has 0 amide bonds. The van der Waals surface area contributed by atoms with Gasteiger partial charge in [-0.05, 0) is 75.3 Å². The van der Waals surface area contributed by atoms with Crippen LogP contribution >= 0.6 is 0 Å². The van der Waals surface area contributed by atoms with Crippen LogP contribution in [0.4, 0.5) is 0 Å². The van der Waals surface area contributed by atoms with E-state index in [1.165, 1.54) is 56.9 Å². The lowest BCUT2D eigenvalue weighted by atomic mass is 9.84. The van der Waals surface area contributed by atoms with E-state index in [1.54, 1.807) is 0 Å². The van der Waals surface area contributed by atoms with Gasteiger partial charge < -0.3 is 9.84 Å². The predicted molar refractivity (Wildman–Crippen MR) is 139 cm³/mol. The fraction of sp³-hybridized carbons (Fsp3) is 0.733. The summed E-state index contributed by atoms with van der Waals surface area (Å²) in [6.45, 7) is 17.7. The molecule has 1 aliphatic rings. The van der Waals surface area contributed by atoms with Crippen molar-refractivity contribution in [2.45, 2.75) is 124 Å². The number of allylic oxidation sites excluding steroid dienone is 1. The van der Waals surface area contributed by atoms with Crippen molar-refractivity contribution in [3.8, 4) is 11.5 Å². The molecule has 0 bridgehead atoms. The smallest absolute Gasteiger partial charge is 0.126 e. The molecule has 2 rings (SSSR count). The first-order chi connectivity index (χ1) is 15.1. The third-order valence-electron chi connectivity index (χ3n) is 7.53. The maximum atomic E-state index is 10.4. The van der Waals surface area contributed by atoms with Gasteiger partial charge in [-0.3, -0.25) is 0 Å². The van der Waals surface area contributed by atoms with Crippen molar-refractivity contribution in [3.05, 3.63) is 35.4 Å². The molecule has 0 fully saturated rings. The standard InChI is InChI=1S/C30H50O2/c1-8-12-26-27-18-20-30(7,32-29(27)25(6)21-28(26)31)19-11-17-24(5)16-10-15-23(4)14-9-13-22(2)3/h8,21-24,31H,1,9-20H2,2-7H3. The molecular formula is C30H50O2. The number of aryl methyl sites for hydroxylation is 1. The van der Waals surface area contributed by atoms with Crippen LogP contribution in [0.1, 0.15) is 116 Å². The molecule has 0 spiro atoms. The largest absolute Gasteiger partial charge is 0.508 e. The maximum absolute atomic E-state index is 10.4. The van der Waals surface area contributed by atoms with Crippen molar-refractivity contribution in [1.29, 1.82) is 0 Å². The number of hydrogen-bond donors (Lipinski definition) is 1. The zero-order chi connectivity index (χ0) is 23.7. The minimum atomic E-state index is -0.0924. The first-order valence-corrected chi connectivity index (χ1v) is 13.3. The number of aromatic hydroxyl groups is 1. The molecule has 1 aromatic carbocycles. The number of phenols is 1. The van der Waals surface area contributed by atoms with E-state index in [2.05, 4.69) is 41.2 Å². The average Bonchev–Trinajstić information content (AvgIpc) is 2.71. The Bertz CT molecular complexity index is 720. The van der Waals surface area contributed by atoms with E-state index in [0.717, 1.165) is 53.9 Å². The number of ether oxygens (including phenoxy) is 1. The van der Waals surface area contributed by atoms with Gasteiger partial charge in [0.1, 0.15) is 17.1 Å². The van der Waals surface area contributed by atoms with E-state index in [9.17, 15) is 5.11 Å². The first kappa shape index (κ1) is 26.8. The Balaban J connectivity index is 1.76. The Labute approximate surface area is 198 Å². The Kier molecular flexibility index (Phi) is 10.6. The highest BCUT2D eigenvalue weighted by molar-refractivity contribution is 5.54. The third kappa shape index (κ3) is 8.16. The summed E-state index contributed by atoms with van der Waals surface area (Å²) < 4.78 is 6.60. The van der Waals surface area contributed by atoms with Gasteiger partial charge in [-0.2, -0.15) is 0 Å². The summed E-state index contributed by atoms with van der Waals surface area (Å²) in [4.78, 5) is 0. The minimum absolute atomic E-state index is 0.0924. The fourth-order valence-corrected chi connectivity index (χ4v) is 5.33. The number of phenolic OH excluding ortho intramolecular Hbond substituents is 1. The van der Waals surface area contributed by atoms with Crippen molar-refractivity contribution < 1.29 is 9.84 Å². The average molecular weight is 443 g/mol. The molecule has 182 valence electrons. The van der Waals surface area contributed by atoms with E-state index < -0.39 is 0 Å². The van der Waals surface area contributed by atoms with Crippen LogP contribution in [0.2, 0.25) is 0 Å². The van der Waals surface area contributed by atoms with Gasteiger partial charge in [-0.1, -0.05) is 78.7 Å². The summed E-state index contributed by atoms with van der Waals surface area (Å²) in [5.41, 5.74) is 3.14. The van der Waals surface area contributed by atoms with E-state index in [-0.39, 0.29) is 5.60 Å². The summed E-state index contributed by atoms with van der Waals surface area (Å²) in [5, 5.41) is 10.4. The fourth-order valence-electron chi connectivity index (χ4n) is 5.33. The van der Waals surface area contributed by atoms with Crippen molar-refractivity contribution in [2.75, 3.05) is 0 Å². The highest BCUT2D eigenvalue weighted by Crippen LogP contribution is 2.43. The highest BCUT2D eigenvalue weighted by atomic mass is 16.5. The van der Waals surface area contributed by atoms with E-state index >= 15 is 0 Å². The number of rotatable bonds is 14. The van der Waals surface area contributed by atoms with Crippen LogP contribution in [0.3, 0.4) is 0 Å². The second kappa shape index (κ2) is 12.7. The molecule has 2 nitrogen and oxygen atoms in total. The molecule has 1 N–H and O–H groups in total. The summed E-state index contributed by atoms with van der Waals surface area (Å²) in [7, 11) is 0. The van der Waals surface area contributed by atoms with Gasteiger partial charge in [0.2, 0.25) is 0 Å². The molecule has 0 saturated carbocycles. The Morgan fingerprint density at radius 2 is 1.62 bits per heavy atom. The Hall–Kier alpha value is -1.44. The first-order valence-electron chi connectivity index (χ1n) is 13.3. The summed E-state index contributed by atoms with van der Waals surface area (Å²) in [6.07, 6.45) is 16.5. The summed E-state index contributed by atoms with van der Waals surface area (Å²) in [5.74, 6) is 3.92. The van der Waals surface area contributed by atoms with Crippen molar-refractivity contribution in [2.24, 2.45) is 17.8 Å². The number of benzene rings is 1. The van der Waals surface area contributed by atoms with Gasteiger partial charge in [-0.15, -0.1) is 6.58 Å². The van der Waals surface area contributed by atoms with E-state index in [0.29, 0.717) is 12.2 Å². The minimum Gasteiger partial charge on any atom is -0.508 e. The molecule has 1 aliphatic heterocycles. The van der Waals surface area contributed by atoms with Crippen LogP contribution in [0.15, 0.2) is 18.7 Å². The molecule has 32 heavy (non-hydrogen) atoms. The zero-order valence-electron chi connectivity index (χ0n) is 21.9. The van der Waals surface area contributed by atoms with Crippen LogP contribution in [0, 0.1) is 24.7 Å². The van der Waals surface area contributed by atoms with Crippen LogP contribution in [-0.2, 0) is 12.8 Å². The van der Waals surface area contributed by atoms with Crippen molar-refractivity contribution in [3.63, 3.8) is 0 Å². The van der Waals surface area contributed by atoms with E-state index in [4.69, 9.17) is 4.74 Å². The lowest BCUT2D eigenvalue weighted by Gasteiger charge is -2.38. The molecule has 0 radical (unpaired) electrons. The molecule has 1 heterocycles. The molecular weight excluding hydrogens is 392 g/mol. The normalized spacial score (nSPS) is 20.0. The molecule has 3 unspecified atom stereocenters. The lowest BCUT2D eigenvalue weighted by Crippen LogP contribution is -2.37. The van der Waals surface area contributed by atoms with Crippen LogP contribution < -0.4 is 4.74 Å². The SMILES string of the molecule is C=CCc1c(O)cc(C)c2c1CCC(C)(CCCC(C)CCCC(C)CCCC(C)C)O2. The molecule has 1 aromatic rings. The van der Waals surface area contributed by atoms with Gasteiger partial charge in [0.15, 0.2) is 0 Å². The monoisotopic (exact) mass is 442 g/mol. The molecule has 0 saturated heterocycles. The topological polar surface area (TPSA) is 29.5 Å². The second-order valence-electron chi connectivity index (χ2n) is 11.4. The number of fused-ring (bicyclic) bond motifs is 1. The summed E-state index contributed by atoms with van der Waals surface area (Å²) in [6, 6.07) is 1.86. The van der Waals surface area contributed by atoms with Gasteiger partial charge in [-0.25, -0.2) is 0 Å². The molecule has 3 atom stereocenters. The predicted octanol–water partition coefficient (Wildman–Crippen LogP) is 8.95. The quantitative estimate of drug-likeness (QED) is 0.291. The molecule has 0 aliphatic carbocycles. The van der Waals surface area contributed by atoms with Gasteiger partial charge in [0, 0.05) is 11.1 Å². The Morgan fingerprint density at radius 3 is 2.22 bits per heavy atom. The second-order valence-corrected chi connectivity index (χ2v) is 11.4. The molecule has 0 aromatic heterocycles. The summed E-state index contributed by atoms with van der Waals surface area (Å²) >= 11 is 0. The van der Waals surface area contributed by atoms with Crippen LogP contribution in [-0.4, -0.2) is 10.7 Å². The van der Waals surface area contributed by atoms with Crippen LogP contribution in [0.5, 0.6) is 11.5 Å². The lowest BCUT2D eigenvalue weighted by molar-refractivity contribution is 0.0512. The van der Waals surface area contributed by atoms with Gasteiger partial charge >= 0.3 is 0 Å². The Morgan fingerprint density at radius 1 is 1.03 bits per heavy atom. The zero-order valence-corrected chi connectivity index (χ0v) is 21.9.